The number of rotatable bonds is 10. The van der Waals surface area contributed by atoms with Crippen LogP contribution in [0.25, 0.3) is 10.8 Å². The number of unbranched alkanes of at least 4 members (excludes halogenated alkanes) is 2. The predicted molar refractivity (Wildman–Crippen MR) is 117 cm³/mol. The van der Waals surface area contributed by atoms with Crippen LogP contribution < -0.4 is 4.74 Å². The Labute approximate surface area is 176 Å². The lowest BCUT2D eigenvalue weighted by atomic mass is 10.0. The van der Waals surface area contributed by atoms with Gasteiger partial charge in [0, 0.05) is 0 Å². The molecule has 0 saturated heterocycles. The first-order valence-electron chi connectivity index (χ1n) is 10.4. The Morgan fingerprint density at radius 2 is 1.70 bits per heavy atom. The van der Waals surface area contributed by atoms with Gasteiger partial charge in [-0.2, -0.15) is 8.78 Å². The number of fused-ring (bicyclic) bond motifs is 1. The van der Waals surface area contributed by atoms with Gasteiger partial charge in [0.05, 0.1) is 5.56 Å². The van der Waals surface area contributed by atoms with Crippen LogP contribution in [0, 0.1) is 5.82 Å². The van der Waals surface area contributed by atoms with Crippen LogP contribution in [-0.2, 0) is 19.0 Å². The molecule has 3 aromatic rings. The van der Waals surface area contributed by atoms with Crippen molar-refractivity contribution in [1.29, 1.82) is 0 Å². The average molecular weight is 412 g/mol. The van der Waals surface area contributed by atoms with Gasteiger partial charge < -0.3 is 4.74 Å². The van der Waals surface area contributed by atoms with Crippen molar-refractivity contribution in [3.8, 4) is 5.75 Å². The molecule has 0 heterocycles. The van der Waals surface area contributed by atoms with E-state index in [0.29, 0.717) is 17.4 Å². The van der Waals surface area contributed by atoms with Crippen molar-refractivity contribution < 1.29 is 17.9 Å². The lowest BCUT2D eigenvalue weighted by molar-refractivity contribution is -0.185. The molecule has 0 amide bonds. The lowest BCUT2D eigenvalue weighted by Gasteiger charge is -2.19. The van der Waals surface area contributed by atoms with Gasteiger partial charge in [0.1, 0.15) is 11.6 Å². The smallest absolute Gasteiger partial charge is 0.426 e. The molecular weight excluding hydrogens is 385 g/mol. The van der Waals surface area contributed by atoms with Gasteiger partial charge in [-0.3, -0.25) is 0 Å². The molecule has 0 fully saturated rings. The number of hydrogen-bond acceptors (Lipinski definition) is 1. The van der Waals surface area contributed by atoms with E-state index in [2.05, 4.69) is 13.5 Å². The molecule has 0 saturated carbocycles. The van der Waals surface area contributed by atoms with E-state index < -0.39 is 6.11 Å². The Morgan fingerprint density at radius 3 is 2.40 bits per heavy atom. The van der Waals surface area contributed by atoms with E-state index in [4.69, 9.17) is 4.74 Å². The van der Waals surface area contributed by atoms with Gasteiger partial charge in [-0.25, -0.2) is 4.39 Å². The third-order valence-corrected chi connectivity index (χ3v) is 5.20. The molecule has 0 unspecified atom stereocenters. The molecule has 3 rings (SSSR count). The maximum Gasteiger partial charge on any atom is 0.426 e. The molecule has 4 heteroatoms. The third-order valence-electron chi connectivity index (χ3n) is 5.20. The highest BCUT2D eigenvalue weighted by Gasteiger charge is 2.34. The fourth-order valence-electron chi connectivity index (χ4n) is 3.46. The number of alkyl halides is 2. The van der Waals surface area contributed by atoms with Crippen LogP contribution in [0.5, 0.6) is 5.75 Å². The van der Waals surface area contributed by atoms with Gasteiger partial charge >= 0.3 is 6.11 Å². The number of aryl methyl sites for hydroxylation is 2. The van der Waals surface area contributed by atoms with Crippen molar-refractivity contribution in [3.63, 3.8) is 0 Å². The van der Waals surface area contributed by atoms with E-state index in [1.165, 1.54) is 30.3 Å². The minimum Gasteiger partial charge on any atom is -0.429 e. The van der Waals surface area contributed by atoms with E-state index in [0.717, 1.165) is 43.1 Å². The van der Waals surface area contributed by atoms with Crippen molar-refractivity contribution in [2.45, 2.75) is 51.6 Å². The summed E-state index contributed by atoms with van der Waals surface area (Å²) in [6.45, 7) is 5.77. The minimum absolute atomic E-state index is 0.00127. The molecule has 0 atom stereocenters. The lowest BCUT2D eigenvalue weighted by Crippen LogP contribution is -2.21. The summed E-state index contributed by atoms with van der Waals surface area (Å²) in [7, 11) is 0. The van der Waals surface area contributed by atoms with E-state index in [9.17, 15) is 13.2 Å². The second-order valence-electron chi connectivity index (χ2n) is 7.55. The minimum atomic E-state index is -3.48. The quantitative estimate of drug-likeness (QED) is 0.242. The predicted octanol–water partition coefficient (Wildman–Crippen LogP) is 7.96. The van der Waals surface area contributed by atoms with Gasteiger partial charge in [-0.1, -0.05) is 44.0 Å². The highest BCUT2D eigenvalue weighted by molar-refractivity contribution is 5.84. The molecule has 0 aliphatic heterocycles. The highest BCUT2D eigenvalue weighted by atomic mass is 19.3. The normalized spacial score (nSPS) is 11.6. The topological polar surface area (TPSA) is 9.23 Å². The second kappa shape index (κ2) is 9.84. The first kappa shape index (κ1) is 21.9. The monoisotopic (exact) mass is 412 g/mol. The maximum atomic E-state index is 14.6. The Balaban J connectivity index is 1.77. The largest absolute Gasteiger partial charge is 0.429 e. The number of halogens is 3. The number of allylic oxidation sites excluding steroid dienone is 1. The molecular formula is C26H27F3O. The van der Waals surface area contributed by atoms with Crippen molar-refractivity contribution in [2.75, 3.05) is 0 Å². The average Bonchev–Trinajstić information content (AvgIpc) is 2.73. The van der Waals surface area contributed by atoms with Crippen LogP contribution in [0.1, 0.15) is 49.3 Å². The van der Waals surface area contributed by atoms with Crippen LogP contribution in [0.3, 0.4) is 0 Å². The van der Waals surface area contributed by atoms with Gasteiger partial charge in [-0.05, 0) is 84.0 Å². The Morgan fingerprint density at radius 1 is 0.933 bits per heavy atom. The van der Waals surface area contributed by atoms with Crippen molar-refractivity contribution >= 4 is 10.8 Å². The van der Waals surface area contributed by atoms with Crippen molar-refractivity contribution in [2.24, 2.45) is 0 Å². The molecule has 3 aromatic carbocycles. The first-order chi connectivity index (χ1) is 14.4. The molecule has 1 nitrogen and oxygen atoms in total. The summed E-state index contributed by atoms with van der Waals surface area (Å²) in [6, 6.07) is 14.0. The SMILES string of the molecule is C=CCCc1ccc(C(F)(F)Oc2ccc3cc(CCCCC)c(F)cc3c2)cc1. The van der Waals surface area contributed by atoms with E-state index in [1.807, 2.05) is 0 Å². The number of benzene rings is 3. The van der Waals surface area contributed by atoms with Gasteiger partial charge in [-0.15, -0.1) is 6.58 Å². The zero-order valence-electron chi connectivity index (χ0n) is 17.3. The first-order valence-corrected chi connectivity index (χ1v) is 10.4. The standard InChI is InChI=1S/C26H27F3O/c1-3-5-7-9-21-16-20-12-15-24(17-22(20)18-25(21)27)30-26(28,29)23-13-10-19(11-14-23)8-6-4-2/h4,10-18H,2-3,5-9H2,1H3. The molecule has 0 aliphatic rings. The number of hydrogen-bond donors (Lipinski definition) is 0. The van der Waals surface area contributed by atoms with E-state index >= 15 is 0 Å². The molecule has 0 bridgehead atoms. The second-order valence-corrected chi connectivity index (χ2v) is 7.55. The summed E-state index contributed by atoms with van der Waals surface area (Å²) in [6.07, 6.45) is 3.59. The van der Waals surface area contributed by atoms with Crippen LogP contribution in [0.15, 0.2) is 67.3 Å². The summed E-state index contributed by atoms with van der Waals surface area (Å²) in [5.41, 5.74) is 1.40. The molecule has 158 valence electrons. The Hall–Kier alpha value is -2.75. The summed E-state index contributed by atoms with van der Waals surface area (Å²) in [5.74, 6) is -0.306. The molecule has 0 aromatic heterocycles. The zero-order valence-corrected chi connectivity index (χ0v) is 17.3. The summed E-state index contributed by atoms with van der Waals surface area (Å²) >= 11 is 0. The molecule has 0 aliphatic carbocycles. The van der Waals surface area contributed by atoms with Crippen LogP contribution in [0.4, 0.5) is 13.2 Å². The molecule has 0 spiro atoms. The third kappa shape index (κ3) is 5.44. The van der Waals surface area contributed by atoms with Crippen LogP contribution in [-0.4, -0.2) is 0 Å². The summed E-state index contributed by atoms with van der Waals surface area (Å²) in [4.78, 5) is 0. The highest BCUT2D eigenvalue weighted by Crippen LogP contribution is 2.33. The van der Waals surface area contributed by atoms with Crippen LogP contribution >= 0.6 is 0 Å². The van der Waals surface area contributed by atoms with Gasteiger partial charge in [0.2, 0.25) is 0 Å². The summed E-state index contributed by atoms with van der Waals surface area (Å²) in [5, 5.41) is 1.35. The van der Waals surface area contributed by atoms with Crippen LogP contribution in [0.2, 0.25) is 0 Å². The van der Waals surface area contributed by atoms with Gasteiger partial charge in [0.25, 0.3) is 0 Å². The molecule has 0 radical (unpaired) electrons. The fraction of sp³-hybridized carbons (Fsp3) is 0.308. The Kier molecular flexibility index (Phi) is 7.20. The maximum absolute atomic E-state index is 14.6. The van der Waals surface area contributed by atoms with Crippen molar-refractivity contribution in [1.82, 2.24) is 0 Å². The van der Waals surface area contributed by atoms with Crippen molar-refractivity contribution in [3.05, 3.63) is 89.8 Å². The zero-order chi connectivity index (χ0) is 21.6. The Bertz CT molecular complexity index is 993. The van der Waals surface area contributed by atoms with E-state index in [-0.39, 0.29) is 17.1 Å². The summed E-state index contributed by atoms with van der Waals surface area (Å²) < 4.78 is 48.7. The van der Waals surface area contributed by atoms with Gasteiger partial charge in [0.15, 0.2) is 0 Å². The number of ether oxygens (including phenoxy) is 1. The van der Waals surface area contributed by atoms with E-state index in [1.54, 1.807) is 30.3 Å². The fourth-order valence-corrected chi connectivity index (χ4v) is 3.46. The molecule has 30 heavy (non-hydrogen) atoms. The molecule has 0 N–H and O–H groups in total.